The van der Waals surface area contributed by atoms with E-state index in [0.717, 1.165) is 17.0 Å². The second kappa shape index (κ2) is 9.91. The summed E-state index contributed by atoms with van der Waals surface area (Å²) in [5, 5.41) is 24.7. The van der Waals surface area contributed by atoms with Crippen LogP contribution < -0.4 is 10.7 Å². The van der Waals surface area contributed by atoms with Crippen LogP contribution in [0.5, 0.6) is 0 Å². The highest BCUT2D eigenvalue weighted by molar-refractivity contribution is 5.85. The van der Waals surface area contributed by atoms with E-state index in [1.54, 1.807) is 37.3 Å². The number of nitrogens with one attached hydrogen (secondary N) is 1. The molecule has 30 heavy (non-hydrogen) atoms. The Balaban J connectivity index is 2.49. The molecule has 0 bridgehead atoms. The second-order valence-corrected chi connectivity index (χ2v) is 6.05. The Bertz CT molecular complexity index is 980. The van der Waals surface area contributed by atoms with Gasteiger partial charge < -0.3 is 14.6 Å². The molecule has 0 aliphatic heterocycles. The van der Waals surface area contributed by atoms with Gasteiger partial charge in [-0.3, -0.25) is 34.6 Å². The zero-order chi connectivity index (χ0) is 22.3. The number of pyridine rings is 1. The standard InChI is InChI=1S/C18H18N4O8/c1-2-30-16(23)9-19-18(25)13(8-12-6-4-3-5-7-12)20-10-14(21(26)27)17(24)15(11-20)22(28)29/h3-7,10-11,13H,2,8-9H2,1H3,(H,19,25)/t13-/m1/s1. The molecule has 0 aliphatic carbocycles. The molecular weight excluding hydrogens is 400 g/mol. The number of hydrogen-bond donors (Lipinski definition) is 1. The smallest absolute Gasteiger partial charge is 0.339 e. The van der Waals surface area contributed by atoms with E-state index in [-0.39, 0.29) is 13.0 Å². The van der Waals surface area contributed by atoms with Crippen molar-refractivity contribution >= 4 is 23.3 Å². The van der Waals surface area contributed by atoms with Crippen LogP contribution in [0.2, 0.25) is 0 Å². The minimum Gasteiger partial charge on any atom is -0.465 e. The predicted octanol–water partition coefficient (Wildman–Crippen LogP) is 1.13. The third-order valence-electron chi connectivity index (χ3n) is 4.05. The number of ether oxygens (including phenoxy) is 1. The SMILES string of the molecule is CCOC(=O)CNC(=O)[C@@H](Cc1ccccc1)n1cc([N+](=O)[O-])c(=O)c([N+](=O)[O-])c1. The lowest BCUT2D eigenvalue weighted by molar-refractivity contribution is -0.397. The van der Waals surface area contributed by atoms with Crippen molar-refractivity contribution in [2.45, 2.75) is 19.4 Å². The van der Waals surface area contributed by atoms with Crippen molar-refractivity contribution in [2.24, 2.45) is 0 Å². The van der Waals surface area contributed by atoms with E-state index in [4.69, 9.17) is 4.74 Å². The minimum absolute atomic E-state index is 0.00726. The van der Waals surface area contributed by atoms with Crippen LogP contribution in [0, 0.1) is 20.2 Å². The fourth-order valence-corrected chi connectivity index (χ4v) is 2.67. The molecule has 158 valence electrons. The number of nitrogens with zero attached hydrogens (tertiary/aromatic N) is 3. The molecule has 1 aromatic carbocycles. The van der Waals surface area contributed by atoms with E-state index >= 15 is 0 Å². The second-order valence-electron chi connectivity index (χ2n) is 6.05. The Morgan fingerprint density at radius 2 is 1.67 bits per heavy atom. The molecule has 12 nitrogen and oxygen atoms in total. The third-order valence-corrected chi connectivity index (χ3v) is 4.05. The summed E-state index contributed by atoms with van der Waals surface area (Å²) in [4.78, 5) is 56.5. The summed E-state index contributed by atoms with van der Waals surface area (Å²) in [5.74, 6) is -1.43. The van der Waals surface area contributed by atoms with Crippen LogP contribution in [0.4, 0.5) is 11.4 Å². The van der Waals surface area contributed by atoms with Crippen molar-refractivity contribution in [3.8, 4) is 0 Å². The molecule has 0 unspecified atom stereocenters. The van der Waals surface area contributed by atoms with Crippen molar-refractivity contribution in [1.29, 1.82) is 0 Å². The topological polar surface area (TPSA) is 164 Å². The average molecular weight is 418 g/mol. The highest BCUT2D eigenvalue weighted by Gasteiger charge is 2.29. The number of esters is 1. The van der Waals surface area contributed by atoms with E-state index in [9.17, 15) is 34.6 Å². The summed E-state index contributed by atoms with van der Waals surface area (Å²) in [6.07, 6.45) is 1.53. The Hall–Kier alpha value is -4.09. The van der Waals surface area contributed by atoms with Crippen molar-refractivity contribution in [2.75, 3.05) is 13.2 Å². The Labute approximate surface area is 169 Å². The predicted molar refractivity (Wildman–Crippen MR) is 103 cm³/mol. The molecule has 0 saturated carbocycles. The minimum atomic E-state index is -1.37. The lowest BCUT2D eigenvalue weighted by Gasteiger charge is -2.20. The van der Waals surface area contributed by atoms with Gasteiger partial charge in [0.1, 0.15) is 12.6 Å². The summed E-state index contributed by atoms with van der Waals surface area (Å²) in [6.45, 7) is 1.25. The lowest BCUT2D eigenvalue weighted by Crippen LogP contribution is -2.38. The molecule has 0 aliphatic rings. The van der Waals surface area contributed by atoms with Gasteiger partial charge in [0.2, 0.25) is 5.91 Å². The van der Waals surface area contributed by atoms with Gasteiger partial charge in [0.05, 0.1) is 28.8 Å². The van der Waals surface area contributed by atoms with E-state index in [2.05, 4.69) is 5.32 Å². The molecule has 2 aromatic rings. The molecule has 2 rings (SSSR count). The van der Waals surface area contributed by atoms with Crippen molar-refractivity contribution in [1.82, 2.24) is 9.88 Å². The summed E-state index contributed by atoms with van der Waals surface area (Å²) < 4.78 is 5.67. The number of amides is 1. The van der Waals surface area contributed by atoms with Gasteiger partial charge in [0, 0.05) is 6.42 Å². The monoisotopic (exact) mass is 418 g/mol. The van der Waals surface area contributed by atoms with E-state index in [1.165, 1.54) is 0 Å². The Kier molecular flexibility index (Phi) is 7.33. The maximum atomic E-state index is 12.7. The molecular formula is C18H18N4O8. The first-order chi connectivity index (χ1) is 14.2. The van der Waals surface area contributed by atoms with Gasteiger partial charge >= 0.3 is 22.8 Å². The summed E-state index contributed by atoms with van der Waals surface area (Å²) in [5.41, 5.74) is -2.80. The molecule has 12 heteroatoms. The first kappa shape index (κ1) is 22.2. The summed E-state index contributed by atoms with van der Waals surface area (Å²) >= 11 is 0. The average Bonchev–Trinajstić information content (AvgIpc) is 2.71. The largest absolute Gasteiger partial charge is 0.465 e. The molecule has 0 fully saturated rings. The molecule has 1 atom stereocenters. The zero-order valence-corrected chi connectivity index (χ0v) is 15.8. The number of rotatable bonds is 9. The van der Waals surface area contributed by atoms with Gasteiger partial charge in [0.15, 0.2) is 0 Å². The maximum absolute atomic E-state index is 12.7. The van der Waals surface area contributed by atoms with Gasteiger partial charge in [-0.1, -0.05) is 30.3 Å². The van der Waals surface area contributed by atoms with Crippen LogP contribution in [0.25, 0.3) is 0 Å². The van der Waals surface area contributed by atoms with Crippen LogP contribution in [0.15, 0.2) is 47.5 Å². The number of benzene rings is 1. The fourth-order valence-electron chi connectivity index (χ4n) is 2.67. The van der Waals surface area contributed by atoms with Crippen molar-refractivity contribution in [3.05, 3.63) is 78.7 Å². The Morgan fingerprint density at radius 3 is 2.17 bits per heavy atom. The summed E-state index contributed by atoms with van der Waals surface area (Å²) in [6, 6.07) is 7.33. The highest BCUT2D eigenvalue weighted by Crippen LogP contribution is 2.20. The number of aromatic nitrogens is 1. The van der Waals surface area contributed by atoms with Crippen LogP contribution >= 0.6 is 0 Å². The van der Waals surface area contributed by atoms with Gasteiger partial charge in [-0.25, -0.2) is 0 Å². The Morgan fingerprint density at radius 1 is 1.10 bits per heavy atom. The van der Waals surface area contributed by atoms with Gasteiger partial charge in [0.25, 0.3) is 0 Å². The third kappa shape index (κ3) is 5.47. The maximum Gasteiger partial charge on any atom is 0.339 e. The van der Waals surface area contributed by atoms with Gasteiger partial charge in [-0.15, -0.1) is 0 Å². The van der Waals surface area contributed by atoms with Crippen LogP contribution in [0.3, 0.4) is 0 Å². The molecule has 0 saturated heterocycles. The molecule has 0 spiro atoms. The number of carbonyl (C=O) groups excluding carboxylic acids is 2. The van der Waals surface area contributed by atoms with Crippen molar-refractivity contribution in [3.63, 3.8) is 0 Å². The van der Waals surface area contributed by atoms with Crippen molar-refractivity contribution < 1.29 is 24.2 Å². The highest BCUT2D eigenvalue weighted by atomic mass is 16.6. The van der Waals surface area contributed by atoms with E-state index in [0.29, 0.717) is 5.56 Å². The zero-order valence-electron chi connectivity index (χ0n) is 15.8. The van der Waals surface area contributed by atoms with E-state index in [1.807, 2.05) is 0 Å². The molecule has 1 amide bonds. The van der Waals surface area contributed by atoms with Crippen LogP contribution in [0.1, 0.15) is 18.5 Å². The molecule has 1 N–H and O–H groups in total. The van der Waals surface area contributed by atoms with Crippen LogP contribution in [-0.2, 0) is 20.7 Å². The van der Waals surface area contributed by atoms with Crippen LogP contribution in [-0.4, -0.2) is 39.4 Å². The molecule has 1 heterocycles. The quantitative estimate of drug-likeness (QED) is 0.360. The number of carbonyl (C=O) groups is 2. The number of hydrogen-bond acceptors (Lipinski definition) is 8. The van der Waals surface area contributed by atoms with E-state index < -0.39 is 51.1 Å². The van der Waals surface area contributed by atoms with Gasteiger partial charge in [-0.05, 0) is 12.5 Å². The fraction of sp³-hybridized carbons (Fsp3) is 0.278. The lowest BCUT2D eigenvalue weighted by atomic mass is 10.0. The summed E-state index contributed by atoms with van der Waals surface area (Å²) in [7, 11) is 0. The number of nitro groups is 2. The molecule has 0 radical (unpaired) electrons. The van der Waals surface area contributed by atoms with Gasteiger partial charge in [-0.2, -0.15) is 0 Å². The normalized spacial score (nSPS) is 11.4. The first-order valence-electron chi connectivity index (χ1n) is 8.76. The molecule has 1 aromatic heterocycles. The first-order valence-corrected chi connectivity index (χ1v) is 8.76.